The lowest BCUT2D eigenvalue weighted by atomic mass is 10.2. The van der Waals surface area contributed by atoms with E-state index in [4.69, 9.17) is 0 Å². The Balaban J connectivity index is 1.36. The minimum Gasteiger partial charge on any atom is -0.331 e. The maximum atomic E-state index is 13.0. The summed E-state index contributed by atoms with van der Waals surface area (Å²) in [6.45, 7) is 5.93. The Hall–Kier alpha value is -2.39. The van der Waals surface area contributed by atoms with Crippen LogP contribution in [0.3, 0.4) is 0 Å². The number of nitrogens with one attached hydrogen (secondary N) is 2. The van der Waals surface area contributed by atoms with E-state index in [-0.39, 0.29) is 30.5 Å². The van der Waals surface area contributed by atoms with Gasteiger partial charge in [0.15, 0.2) is 0 Å². The number of carbonyl (C=O) groups excluding carboxylic acids is 2. The normalized spacial score (nSPS) is 14.8. The molecule has 1 aromatic carbocycles. The number of aryl methyl sites for hydroxylation is 1. The second kappa shape index (κ2) is 10.4. The Kier molecular flexibility index (Phi) is 7.65. The third kappa shape index (κ3) is 6.57. The molecule has 0 spiro atoms. The molecule has 0 unspecified atom stereocenters. The number of piperazine rings is 1. The molecule has 1 aromatic heterocycles. The summed E-state index contributed by atoms with van der Waals surface area (Å²) in [5.41, 5.74) is 1.09. The zero-order valence-electron chi connectivity index (χ0n) is 16.6. The van der Waals surface area contributed by atoms with Crippen LogP contribution in [0.15, 0.2) is 24.3 Å². The molecule has 2 N–H and O–H groups in total. The van der Waals surface area contributed by atoms with Crippen molar-refractivity contribution in [2.75, 3.05) is 31.5 Å². The van der Waals surface area contributed by atoms with E-state index >= 15 is 0 Å². The highest BCUT2D eigenvalue weighted by Gasteiger charge is 2.24. The van der Waals surface area contributed by atoms with Gasteiger partial charge in [-0.05, 0) is 18.6 Å². The Morgan fingerprint density at radius 1 is 1.17 bits per heavy atom. The monoisotopic (exact) mass is 420 g/mol. The van der Waals surface area contributed by atoms with E-state index in [2.05, 4.69) is 22.4 Å². The van der Waals surface area contributed by atoms with Gasteiger partial charge in [-0.15, -0.1) is 10.2 Å². The van der Waals surface area contributed by atoms with E-state index in [0.717, 1.165) is 43.0 Å². The number of hydrogen-bond donors (Lipinski definition) is 2. The molecular formula is C20H27FN5O2S+. The van der Waals surface area contributed by atoms with Crippen LogP contribution in [0.2, 0.25) is 0 Å². The zero-order chi connectivity index (χ0) is 20.6. The Bertz CT molecular complexity index is 819. The van der Waals surface area contributed by atoms with Crippen LogP contribution in [0.5, 0.6) is 0 Å². The van der Waals surface area contributed by atoms with Crippen molar-refractivity contribution < 1.29 is 18.9 Å². The zero-order valence-corrected chi connectivity index (χ0v) is 17.4. The van der Waals surface area contributed by atoms with E-state index < -0.39 is 0 Å². The van der Waals surface area contributed by atoms with E-state index in [9.17, 15) is 14.0 Å². The van der Waals surface area contributed by atoms with Crippen LogP contribution in [-0.2, 0) is 22.6 Å². The highest BCUT2D eigenvalue weighted by atomic mass is 32.1. The minimum absolute atomic E-state index is 0.00455. The maximum absolute atomic E-state index is 13.0. The van der Waals surface area contributed by atoms with Crippen molar-refractivity contribution in [1.82, 2.24) is 15.1 Å². The van der Waals surface area contributed by atoms with Crippen LogP contribution >= 0.6 is 11.3 Å². The van der Waals surface area contributed by atoms with E-state index in [1.54, 1.807) is 0 Å². The molecule has 0 saturated carbocycles. The standard InChI is InChI=1S/C20H26FN5O2S/c1-2-3-18-23-24-20(29-18)22-17(27)8-9-19(28)26-12-10-25(11-13-26)14-15-4-6-16(21)7-5-15/h4-7H,2-3,8-14H2,1H3,(H,22,24,27)/p+1. The predicted octanol–water partition coefficient (Wildman–Crippen LogP) is 1.28. The van der Waals surface area contributed by atoms with Gasteiger partial charge in [-0.25, -0.2) is 4.39 Å². The first-order valence-electron chi connectivity index (χ1n) is 10.0. The molecule has 2 aromatic rings. The van der Waals surface area contributed by atoms with E-state index in [1.165, 1.54) is 28.4 Å². The lowest BCUT2D eigenvalue weighted by molar-refractivity contribution is -0.917. The SMILES string of the molecule is CCCc1nnc(NC(=O)CCC(=O)N2CC[NH+](Cc3ccc(F)cc3)CC2)s1. The van der Waals surface area contributed by atoms with E-state index in [0.29, 0.717) is 18.2 Å². The van der Waals surface area contributed by atoms with Crippen LogP contribution < -0.4 is 10.2 Å². The van der Waals surface area contributed by atoms with Gasteiger partial charge in [0.05, 0.1) is 26.2 Å². The summed E-state index contributed by atoms with van der Waals surface area (Å²) in [6, 6.07) is 6.57. The molecule has 0 aliphatic carbocycles. The van der Waals surface area contributed by atoms with Crippen molar-refractivity contribution in [3.63, 3.8) is 0 Å². The fourth-order valence-corrected chi connectivity index (χ4v) is 4.18. The molecule has 9 heteroatoms. The number of nitrogens with zero attached hydrogens (tertiary/aromatic N) is 3. The first kappa shape index (κ1) is 21.3. The minimum atomic E-state index is -0.226. The van der Waals surface area contributed by atoms with E-state index in [1.807, 2.05) is 17.0 Å². The number of anilines is 1. The quantitative estimate of drug-likeness (QED) is 0.674. The predicted molar refractivity (Wildman–Crippen MR) is 109 cm³/mol. The highest BCUT2D eigenvalue weighted by molar-refractivity contribution is 7.15. The van der Waals surface area contributed by atoms with Gasteiger partial charge in [0, 0.05) is 24.8 Å². The summed E-state index contributed by atoms with van der Waals surface area (Å²) in [5, 5.41) is 12.1. The summed E-state index contributed by atoms with van der Waals surface area (Å²) < 4.78 is 13.0. The van der Waals surface area contributed by atoms with Gasteiger partial charge < -0.3 is 15.1 Å². The summed E-state index contributed by atoms with van der Waals surface area (Å²) >= 11 is 1.38. The molecule has 1 fully saturated rings. The number of rotatable bonds is 8. The fourth-order valence-electron chi connectivity index (χ4n) is 3.32. The first-order valence-corrected chi connectivity index (χ1v) is 10.8. The third-order valence-electron chi connectivity index (χ3n) is 4.93. The summed E-state index contributed by atoms with van der Waals surface area (Å²) in [7, 11) is 0. The third-order valence-corrected chi connectivity index (χ3v) is 5.83. The van der Waals surface area contributed by atoms with Gasteiger partial charge in [0.1, 0.15) is 17.4 Å². The number of amides is 2. The van der Waals surface area contributed by atoms with Crippen molar-refractivity contribution in [3.8, 4) is 0 Å². The topological polar surface area (TPSA) is 79.6 Å². The molecule has 0 radical (unpaired) electrons. The molecule has 156 valence electrons. The van der Waals surface area contributed by atoms with Gasteiger partial charge >= 0.3 is 0 Å². The molecule has 29 heavy (non-hydrogen) atoms. The largest absolute Gasteiger partial charge is 0.331 e. The number of aromatic nitrogens is 2. The molecule has 1 saturated heterocycles. The summed E-state index contributed by atoms with van der Waals surface area (Å²) in [6.07, 6.45) is 2.17. The van der Waals surface area contributed by atoms with Crippen molar-refractivity contribution in [1.29, 1.82) is 0 Å². The molecule has 0 atom stereocenters. The van der Waals surface area contributed by atoms with Gasteiger partial charge in [-0.3, -0.25) is 9.59 Å². The first-order chi connectivity index (χ1) is 14.0. The number of carbonyl (C=O) groups is 2. The van der Waals surface area contributed by atoms with Crippen LogP contribution in [-0.4, -0.2) is 53.1 Å². The molecule has 1 aliphatic rings. The molecule has 2 amide bonds. The van der Waals surface area contributed by atoms with Gasteiger partial charge in [-0.2, -0.15) is 0 Å². The number of halogens is 1. The molecule has 3 rings (SSSR count). The van der Waals surface area contributed by atoms with Gasteiger partial charge in [0.25, 0.3) is 0 Å². The molecule has 0 bridgehead atoms. The average Bonchev–Trinajstić information content (AvgIpc) is 3.15. The lowest BCUT2D eigenvalue weighted by Crippen LogP contribution is -3.13. The van der Waals surface area contributed by atoms with Gasteiger partial charge in [-0.1, -0.05) is 30.4 Å². The lowest BCUT2D eigenvalue weighted by Gasteiger charge is -2.32. The smallest absolute Gasteiger partial charge is 0.226 e. The number of quaternary nitrogens is 1. The van der Waals surface area contributed by atoms with Crippen molar-refractivity contribution in [2.45, 2.75) is 39.2 Å². The molecule has 7 nitrogen and oxygen atoms in total. The van der Waals surface area contributed by atoms with Crippen molar-refractivity contribution >= 4 is 28.3 Å². The number of hydrogen-bond acceptors (Lipinski definition) is 5. The average molecular weight is 421 g/mol. The van der Waals surface area contributed by atoms with Crippen LogP contribution in [0.1, 0.15) is 36.8 Å². The maximum Gasteiger partial charge on any atom is 0.226 e. The van der Waals surface area contributed by atoms with Crippen LogP contribution in [0.4, 0.5) is 9.52 Å². The second-order valence-corrected chi connectivity index (χ2v) is 8.30. The van der Waals surface area contributed by atoms with Crippen molar-refractivity contribution in [3.05, 3.63) is 40.7 Å². The fraction of sp³-hybridized carbons (Fsp3) is 0.500. The molecule has 2 heterocycles. The molecular weight excluding hydrogens is 393 g/mol. The Morgan fingerprint density at radius 2 is 1.90 bits per heavy atom. The Morgan fingerprint density at radius 3 is 2.59 bits per heavy atom. The Labute approximate surface area is 173 Å². The highest BCUT2D eigenvalue weighted by Crippen LogP contribution is 2.16. The van der Waals surface area contributed by atoms with Crippen LogP contribution in [0.25, 0.3) is 0 Å². The summed E-state index contributed by atoms with van der Waals surface area (Å²) in [4.78, 5) is 27.7. The van der Waals surface area contributed by atoms with Crippen LogP contribution in [0, 0.1) is 5.82 Å². The second-order valence-electron chi connectivity index (χ2n) is 7.23. The van der Waals surface area contributed by atoms with Crippen molar-refractivity contribution in [2.24, 2.45) is 0 Å². The summed E-state index contributed by atoms with van der Waals surface area (Å²) in [5.74, 6) is -0.432. The number of benzene rings is 1. The molecule has 1 aliphatic heterocycles. The van der Waals surface area contributed by atoms with Gasteiger partial charge in [0.2, 0.25) is 16.9 Å².